The number of ether oxygens (including phenoxy) is 4. The summed E-state index contributed by atoms with van der Waals surface area (Å²) in [5.74, 6) is -4.65. The van der Waals surface area contributed by atoms with Gasteiger partial charge < -0.3 is 54.9 Å². The summed E-state index contributed by atoms with van der Waals surface area (Å²) in [5.41, 5.74) is -4.92. The number of hydrogen-bond acceptors (Lipinski definition) is 16. The SMILES string of the molecule is COc1cccc2c1C(=O)c1c(O)c3c(c(O)c1C2=O)C[C@@](O)(C(=O)CO)C[C@@H]3O[C@H]1C[C@H](NC(=O)OCc2cc(O)ccc2[N+](=O)[O-])[C@H](O)[C@H](C)O1. The minimum absolute atomic E-state index is 0.0270. The van der Waals surface area contributed by atoms with E-state index in [9.17, 15) is 59.9 Å². The molecule has 6 rings (SSSR count). The van der Waals surface area contributed by atoms with Crippen LogP contribution in [0.1, 0.15) is 74.4 Å². The van der Waals surface area contributed by atoms with Crippen molar-refractivity contribution < 1.29 is 73.7 Å². The number of benzene rings is 3. The summed E-state index contributed by atoms with van der Waals surface area (Å²) in [4.78, 5) is 63.9. The molecule has 3 aromatic rings. The van der Waals surface area contributed by atoms with Crippen LogP contribution in [0.5, 0.6) is 23.0 Å². The quantitative estimate of drug-likeness (QED) is 0.0729. The Kier molecular flexibility index (Phi) is 9.84. The number of phenolic OH excluding ortho intramolecular Hbond substituents is 3. The fourth-order valence-electron chi connectivity index (χ4n) is 7.06. The Bertz CT molecular complexity index is 2050. The molecule has 0 radical (unpaired) electrons. The van der Waals surface area contributed by atoms with Crippen LogP contribution < -0.4 is 10.1 Å². The molecular formula is C35H34N2O16. The molecule has 280 valence electrons. The van der Waals surface area contributed by atoms with Crippen molar-refractivity contribution in [2.45, 2.75) is 69.0 Å². The van der Waals surface area contributed by atoms with Gasteiger partial charge in [0.2, 0.25) is 5.78 Å². The number of nitrogens with one attached hydrogen (secondary N) is 1. The lowest BCUT2D eigenvalue weighted by Crippen LogP contribution is -2.56. The number of phenols is 3. The number of ketones is 3. The number of fused-ring (bicyclic) bond motifs is 3. The van der Waals surface area contributed by atoms with Crippen LogP contribution in [0.3, 0.4) is 0 Å². The van der Waals surface area contributed by atoms with Crippen LogP contribution in [0.15, 0.2) is 36.4 Å². The third-order valence-electron chi connectivity index (χ3n) is 9.68. The summed E-state index contributed by atoms with van der Waals surface area (Å²) >= 11 is 0. The topological polar surface area (TPSA) is 282 Å². The number of rotatable bonds is 9. The van der Waals surface area contributed by atoms with E-state index in [0.29, 0.717) is 0 Å². The normalized spacial score (nSPS) is 24.7. The van der Waals surface area contributed by atoms with E-state index in [1.807, 2.05) is 0 Å². The number of amides is 1. The number of aromatic hydroxyl groups is 3. The molecule has 1 saturated heterocycles. The lowest BCUT2D eigenvalue weighted by atomic mass is 9.72. The van der Waals surface area contributed by atoms with Crippen molar-refractivity contribution in [1.29, 1.82) is 0 Å². The number of nitro groups is 1. The number of hydrogen-bond donors (Lipinski definition) is 7. The number of carbonyl (C=O) groups excluding carboxylic acids is 4. The first-order chi connectivity index (χ1) is 25.1. The van der Waals surface area contributed by atoms with Gasteiger partial charge in [0.15, 0.2) is 17.9 Å². The summed E-state index contributed by atoms with van der Waals surface area (Å²) in [6, 6.07) is 6.25. The summed E-state index contributed by atoms with van der Waals surface area (Å²) in [6.07, 6.45) is -8.06. The van der Waals surface area contributed by atoms with E-state index < -0.39 is 119 Å². The van der Waals surface area contributed by atoms with Crippen LogP contribution in [0.25, 0.3) is 0 Å². The van der Waals surface area contributed by atoms with Gasteiger partial charge in [-0.3, -0.25) is 24.5 Å². The largest absolute Gasteiger partial charge is 0.508 e. The third kappa shape index (κ3) is 6.51. The Morgan fingerprint density at radius 1 is 1.08 bits per heavy atom. The van der Waals surface area contributed by atoms with Gasteiger partial charge >= 0.3 is 6.09 Å². The highest BCUT2D eigenvalue weighted by molar-refractivity contribution is 6.31. The molecule has 6 atom stereocenters. The van der Waals surface area contributed by atoms with Crippen LogP contribution in [0.2, 0.25) is 0 Å². The van der Waals surface area contributed by atoms with Crippen molar-refractivity contribution in [3.63, 3.8) is 0 Å². The van der Waals surface area contributed by atoms with E-state index in [1.165, 1.54) is 32.2 Å². The molecule has 2 aliphatic carbocycles. The van der Waals surface area contributed by atoms with Gasteiger partial charge in [0.05, 0.1) is 52.5 Å². The molecule has 0 unspecified atom stereocenters. The van der Waals surface area contributed by atoms with Crippen molar-refractivity contribution >= 4 is 29.1 Å². The predicted octanol–water partition coefficient (Wildman–Crippen LogP) is 1.58. The van der Waals surface area contributed by atoms with Crippen LogP contribution in [-0.2, 0) is 32.0 Å². The summed E-state index contributed by atoms with van der Waals surface area (Å²) in [7, 11) is 1.28. The molecule has 0 spiro atoms. The molecule has 0 bridgehead atoms. The van der Waals surface area contributed by atoms with Gasteiger partial charge in [-0.15, -0.1) is 0 Å². The number of carbonyl (C=O) groups is 4. The maximum atomic E-state index is 13.9. The molecule has 1 aliphatic heterocycles. The highest BCUT2D eigenvalue weighted by Crippen LogP contribution is 2.52. The number of nitro benzene ring substituents is 1. The molecule has 3 aromatic carbocycles. The van der Waals surface area contributed by atoms with Crippen LogP contribution in [-0.4, -0.2) is 103 Å². The highest BCUT2D eigenvalue weighted by atomic mass is 16.7. The average Bonchev–Trinajstić information content (AvgIpc) is 3.12. The Labute approximate surface area is 299 Å². The zero-order valence-corrected chi connectivity index (χ0v) is 28.1. The zero-order chi connectivity index (χ0) is 38.5. The molecular weight excluding hydrogens is 704 g/mol. The maximum absolute atomic E-state index is 13.9. The number of nitrogens with zero attached hydrogens (tertiary/aromatic N) is 1. The van der Waals surface area contributed by atoms with Gasteiger partial charge in [0, 0.05) is 42.0 Å². The average molecular weight is 739 g/mol. The second kappa shape index (κ2) is 14.1. The molecule has 18 heteroatoms. The van der Waals surface area contributed by atoms with Gasteiger partial charge in [0.1, 0.15) is 47.9 Å². The molecule has 7 N–H and O–H groups in total. The maximum Gasteiger partial charge on any atom is 0.407 e. The van der Waals surface area contributed by atoms with E-state index in [2.05, 4.69) is 5.32 Å². The van der Waals surface area contributed by atoms with Crippen LogP contribution >= 0.6 is 0 Å². The number of alkyl carbamates (subject to hydrolysis) is 1. The lowest BCUT2D eigenvalue weighted by Gasteiger charge is -2.42. The Morgan fingerprint density at radius 3 is 2.47 bits per heavy atom. The number of methoxy groups -OCH3 is 1. The first-order valence-corrected chi connectivity index (χ1v) is 16.2. The van der Waals surface area contributed by atoms with Gasteiger partial charge in [-0.25, -0.2) is 4.79 Å². The Morgan fingerprint density at radius 2 is 1.79 bits per heavy atom. The molecule has 1 heterocycles. The zero-order valence-electron chi connectivity index (χ0n) is 28.1. The molecule has 0 aromatic heterocycles. The molecule has 3 aliphatic rings. The van der Waals surface area contributed by atoms with Crippen molar-refractivity contribution in [1.82, 2.24) is 5.32 Å². The van der Waals surface area contributed by atoms with E-state index >= 15 is 0 Å². The Hall–Kier alpha value is -5.66. The number of Topliss-reactive ketones (excluding diaryl/α,β-unsaturated/α-hetero) is 1. The van der Waals surface area contributed by atoms with Gasteiger partial charge in [0.25, 0.3) is 5.69 Å². The molecule has 53 heavy (non-hydrogen) atoms. The Balaban J connectivity index is 1.31. The predicted molar refractivity (Wildman–Crippen MR) is 176 cm³/mol. The fraction of sp³-hybridized carbons (Fsp3) is 0.371. The smallest absolute Gasteiger partial charge is 0.407 e. The summed E-state index contributed by atoms with van der Waals surface area (Å²) in [6.45, 7) is -0.304. The number of aliphatic hydroxyl groups is 3. The first-order valence-electron chi connectivity index (χ1n) is 16.2. The van der Waals surface area contributed by atoms with Gasteiger partial charge in [-0.05, 0) is 25.1 Å². The molecule has 0 saturated carbocycles. The van der Waals surface area contributed by atoms with E-state index in [0.717, 1.165) is 18.2 Å². The molecule has 18 nitrogen and oxygen atoms in total. The first kappa shape index (κ1) is 37.1. The number of aliphatic hydroxyl groups excluding tert-OH is 2. The lowest BCUT2D eigenvalue weighted by molar-refractivity contribution is -0.385. The molecule has 1 fully saturated rings. The van der Waals surface area contributed by atoms with Crippen LogP contribution in [0.4, 0.5) is 10.5 Å². The van der Waals surface area contributed by atoms with Gasteiger partial charge in [-0.1, -0.05) is 12.1 Å². The van der Waals surface area contributed by atoms with E-state index in [-0.39, 0.29) is 45.7 Å². The monoisotopic (exact) mass is 738 g/mol. The van der Waals surface area contributed by atoms with Crippen molar-refractivity contribution in [2.24, 2.45) is 0 Å². The fourth-order valence-corrected chi connectivity index (χ4v) is 7.06. The summed E-state index contributed by atoms with van der Waals surface area (Å²) in [5, 5.41) is 78.8. The second-order valence-corrected chi connectivity index (χ2v) is 12.9. The summed E-state index contributed by atoms with van der Waals surface area (Å²) < 4.78 is 22.4. The van der Waals surface area contributed by atoms with Gasteiger partial charge in [-0.2, -0.15) is 0 Å². The minimum atomic E-state index is -2.40. The van der Waals surface area contributed by atoms with Crippen molar-refractivity contribution in [2.75, 3.05) is 13.7 Å². The van der Waals surface area contributed by atoms with E-state index in [1.54, 1.807) is 0 Å². The second-order valence-electron chi connectivity index (χ2n) is 12.9. The standard InChI is InChI=1S/C35H34N2O16/c1-14-29(41)19(36-34(46)51-13-15-8-16(39)6-7-20(15)37(48)49)9-24(52-14)53-22-11-35(47,23(40)12-38)10-18-26(22)33(45)28-27(31(18)43)30(42)17-4-3-5-21(50-2)25(17)32(28)44/h3-8,14,19,22,24,29,38-39,41,43,45,47H,9-13H2,1-2H3,(H,36,46)/t14-,19-,22-,24-,29+,35-/m0/s1. The minimum Gasteiger partial charge on any atom is -0.508 e. The highest BCUT2D eigenvalue weighted by Gasteiger charge is 2.50. The van der Waals surface area contributed by atoms with Crippen LogP contribution in [0, 0.1) is 10.1 Å². The van der Waals surface area contributed by atoms with E-state index in [4.69, 9.17) is 18.9 Å². The molecule has 1 amide bonds. The third-order valence-corrected chi connectivity index (χ3v) is 9.68. The van der Waals surface area contributed by atoms with Crippen molar-refractivity contribution in [3.05, 3.63) is 85.5 Å². The van der Waals surface area contributed by atoms with Crippen molar-refractivity contribution in [3.8, 4) is 23.0 Å².